The zero-order valence-electron chi connectivity index (χ0n) is 10.3. The molecule has 0 aliphatic carbocycles. The molecule has 2 aromatic rings. The Morgan fingerprint density at radius 3 is 2.56 bits per heavy atom. The van der Waals surface area contributed by atoms with Crippen molar-refractivity contribution in [2.45, 2.75) is 19.4 Å². The van der Waals surface area contributed by atoms with Gasteiger partial charge in [0.05, 0.1) is 6.04 Å². The summed E-state index contributed by atoms with van der Waals surface area (Å²) < 4.78 is 0. The number of aryl methyl sites for hydroxylation is 1. The first-order valence-corrected chi connectivity index (χ1v) is 5.93. The third-order valence-corrected chi connectivity index (χ3v) is 2.83. The van der Waals surface area contributed by atoms with Gasteiger partial charge in [-0.3, -0.25) is 9.78 Å². The van der Waals surface area contributed by atoms with Crippen molar-refractivity contribution in [3.63, 3.8) is 0 Å². The van der Waals surface area contributed by atoms with Gasteiger partial charge in [-0.1, -0.05) is 35.9 Å². The normalized spacial score (nSPS) is 12.1. The van der Waals surface area contributed by atoms with E-state index in [1.807, 2.05) is 49.4 Å². The lowest BCUT2D eigenvalue weighted by molar-refractivity contribution is 0.0960. The molecule has 1 aromatic heterocycles. The summed E-state index contributed by atoms with van der Waals surface area (Å²) >= 11 is 0. The predicted octanol–water partition coefficient (Wildman–Crippen LogP) is 2.14. The molecule has 18 heavy (non-hydrogen) atoms. The number of Topliss-reactive ketones (excluding diaryl/α,β-unsaturated/α-hetero) is 1. The highest BCUT2D eigenvalue weighted by Gasteiger charge is 2.16. The highest BCUT2D eigenvalue weighted by molar-refractivity contribution is 6.00. The van der Waals surface area contributed by atoms with Crippen LogP contribution in [0, 0.1) is 6.92 Å². The van der Waals surface area contributed by atoms with Gasteiger partial charge < -0.3 is 5.73 Å². The van der Waals surface area contributed by atoms with Gasteiger partial charge in [0.15, 0.2) is 5.78 Å². The van der Waals surface area contributed by atoms with E-state index in [4.69, 9.17) is 5.73 Å². The van der Waals surface area contributed by atoms with Gasteiger partial charge in [0.2, 0.25) is 0 Å². The molecule has 0 saturated heterocycles. The lowest BCUT2D eigenvalue weighted by Gasteiger charge is -2.10. The molecule has 0 aliphatic rings. The van der Waals surface area contributed by atoms with Crippen LogP contribution in [-0.2, 0) is 6.42 Å². The third kappa shape index (κ3) is 3.02. The lowest BCUT2D eigenvalue weighted by Crippen LogP contribution is -2.33. The van der Waals surface area contributed by atoms with Crippen molar-refractivity contribution >= 4 is 5.78 Å². The molecule has 1 unspecified atom stereocenters. The second-order valence-electron chi connectivity index (χ2n) is 4.36. The molecule has 0 radical (unpaired) electrons. The summed E-state index contributed by atoms with van der Waals surface area (Å²) in [6.45, 7) is 1.99. The second kappa shape index (κ2) is 5.56. The lowest BCUT2D eigenvalue weighted by atomic mass is 10.00. The maximum atomic E-state index is 12.1. The third-order valence-electron chi connectivity index (χ3n) is 2.83. The van der Waals surface area contributed by atoms with Crippen molar-refractivity contribution in [2.75, 3.05) is 0 Å². The fourth-order valence-corrected chi connectivity index (χ4v) is 1.77. The summed E-state index contributed by atoms with van der Waals surface area (Å²) in [7, 11) is 0. The van der Waals surface area contributed by atoms with E-state index in [0.717, 1.165) is 11.3 Å². The van der Waals surface area contributed by atoms with E-state index in [0.29, 0.717) is 12.0 Å². The van der Waals surface area contributed by atoms with Gasteiger partial charge in [-0.2, -0.15) is 0 Å². The van der Waals surface area contributed by atoms with Gasteiger partial charge in [0.25, 0.3) is 0 Å². The summed E-state index contributed by atoms with van der Waals surface area (Å²) in [5, 5.41) is 0. The number of nitrogens with zero attached hydrogens (tertiary/aromatic N) is 1. The zero-order valence-corrected chi connectivity index (χ0v) is 10.3. The molecule has 0 fully saturated rings. The van der Waals surface area contributed by atoms with E-state index in [1.54, 1.807) is 6.20 Å². The number of aromatic nitrogens is 1. The van der Waals surface area contributed by atoms with Crippen LogP contribution in [0.3, 0.4) is 0 Å². The van der Waals surface area contributed by atoms with E-state index in [1.165, 1.54) is 0 Å². The SMILES string of the molecule is Cc1ccc(C(=O)C(N)Cc2ccccn2)cc1. The molecule has 0 aliphatic heterocycles. The van der Waals surface area contributed by atoms with Crippen LogP contribution in [0.5, 0.6) is 0 Å². The van der Waals surface area contributed by atoms with E-state index in [9.17, 15) is 4.79 Å². The van der Waals surface area contributed by atoms with Crippen LogP contribution < -0.4 is 5.73 Å². The molecule has 0 amide bonds. The molecule has 0 spiro atoms. The Morgan fingerprint density at radius 1 is 1.22 bits per heavy atom. The number of hydrogen-bond acceptors (Lipinski definition) is 3. The first-order valence-electron chi connectivity index (χ1n) is 5.93. The van der Waals surface area contributed by atoms with Crippen molar-refractivity contribution in [3.05, 3.63) is 65.5 Å². The molecule has 2 rings (SSSR count). The topological polar surface area (TPSA) is 56.0 Å². The first kappa shape index (κ1) is 12.5. The van der Waals surface area contributed by atoms with Gasteiger partial charge in [-0.05, 0) is 19.1 Å². The minimum absolute atomic E-state index is 0.0411. The molecule has 2 N–H and O–H groups in total. The van der Waals surface area contributed by atoms with Gasteiger partial charge in [-0.15, -0.1) is 0 Å². The molecule has 1 atom stereocenters. The Labute approximate surface area is 107 Å². The Kier molecular flexibility index (Phi) is 3.85. The van der Waals surface area contributed by atoms with Gasteiger partial charge >= 0.3 is 0 Å². The molecule has 0 bridgehead atoms. The molecular formula is C15H16N2O. The van der Waals surface area contributed by atoms with Crippen LogP contribution in [-0.4, -0.2) is 16.8 Å². The van der Waals surface area contributed by atoms with Crippen LogP contribution in [0.25, 0.3) is 0 Å². The Bertz CT molecular complexity index is 520. The molecule has 1 heterocycles. The molecular weight excluding hydrogens is 224 g/mol. The Morgan fingerprint density at radius 2 is 1.94 bits per heavy atom. The number of rotatable bonds is 4. The number of carbonyl (C=O) groups is 1. The zero-order chi connectivity index (χ0) is 13.0. The molecule has 3 nitrogen and oxygen atoms in total. The van der Waals surface area contributed by atoms with Crippen LogP contribution >= 0.6 is 0 Å². The standard InChI is InChI=1S/C15H16N2O/c1-11-5-7-12(8-6-11)15(18)14(16)10-13-4-2-3-9-17-13/h2-9,14H,10,16H2,1H3. The van der Waals surface area contributed by atoms with Crippen molar-refractivity contribution in [1.29, 1.82) is 0 Å². The summed E-state index contributed by atoms with van der Waals surface area (Å²) in [6.07, 6.45) is 2.17. The highest BCUT2D eigenvalue weighted by Crippen LogP contribution is 2.08. The van der Waals surface area contributed by atoms with Gasteiger partial charge in [-0.25, -0.2) is 0 Å². The minimum Gasteiger partial charge on any atom is -0.321 e. The second-order valence-corrected chi connectivity index (χ2v) is 4.36. The maximum Gasteiger partial charge on any atom is 0.179 e. The van der Waals surface area contributed by atoms with Gasteiger partial charge in [0, 0.05) is 23.9 Å². The predicted molar refractivity (Wildman–Crippen MR) is 71.4 cm³/mol. The molecule has 1 aromatic carbocycles. The number of nitrogens with two attached hydrogens (primary N) is 1. The van der Waals surface area contributed by atoms with E-state index < -0.39 is 6.04 Å². The Hall–Kier alpha value is -2.00. The van der Waals surface area contributed by atoms with Crippen molar-refractivity contribution in [1.82, 2.24) is 4.98 Å². The van der Waals surface area contributed by atoms with Crippen molar-refractivity contribution in [2.24, 2.45) is 5.73 Å². The summed E-state index contributed by atoms with van der Waals surface area (Å²) in [5.74, 6) is -0.0411. The van der Waals surface area contributed by atoms with E-state index in [2.05, 4.69) is 4.98 Å². The van der Waals surface area contributed by atoms with E-state index in [-0.39, 0.29) is 5.78 Å². The number of benzene rings is 1. The summed E-state index contributed by atoms with van der Waals surface area (Å²) in [6, 6.07) is 12.5. The average molecular weight is 240 g/mol. The molecule has 0 saturated carbocycles. The largest absolute Gasteiger partial charge is 0.321 e. The van der Waals surface area contributed by atoms with Crippen LogP contribution in [0.4, 0.5) is 0 Å². The quantitative estimate of drug-likeness (QED) is 0.833. The summed E-state index contributed by atoms with van der Waals surface area (Å²) in [5.41, 5.74) is 8.55. The van der Waals surface area contributed by atoms with Crippen LogP contribution in [0.1, 0.15) is 21.6 Å². The smallest absolute Gasteiger partial charge is 0.179 e. The van der Waals surface area contributed by atoms with Crippen LogP contribution in [0.2, 0.25) is 0 Å². The van der Waals surface area contributed by atoms with Crippen molar-refractivity contribution in [3.8, 4) is 0 Å². The van der Waals surface area contributed by atoms with E-state index >= 15 is 0 Å². The average Bonchev–Trinajstić information content (AvgIpc) is 2.40. The number of hydrogen-bond donors (Lipinski definition) is 1. The number of ketones is 1. The summed E-state index contributed by atoms with van der Waals surface area (Å²) in [4.78, 5) is 16.3. The number of pyridine rings is 1. The first-order chi connectivity index (χ1) is 8.66. The fourth-order valence-electron chi connectivity index (χ4n) is 1.77. The number of carbonyl (C=O) groups excluding carboxylic acids is 1. The monoisotopic (exact) mass is 240 g/mol. The van der Waals surface area contributed by atoms with Gasteiger partial charge in [0.1, 0.15) is 0 Å². The molecule has 3 heteroatoms. The minimum atomic E-state index is -0.539. The highest BCUT2D eigenvalue weighted by atomic mass is 16.1. The fraction of sp³-hybridized carbons (Fsp3) is 0.200. The molecule has 92 valence electrons. The van der Waals surface area contributed by atoms with Crippen molar-refractivity contribution < 1.29 is 4.79 Å². The maximum absolute atomic E-state index is 12.1. The Balaban J connectivity index is 2.07. The van der Waals surface area contributed by atoms with Crippen LogP contribution in [0.15, 0.2) is 48.7 Å².